The molecular weight excluding hydrogens is 416 g/mol. The SMILES string of the molecule is COC(=O)CCCCOc1ccc(-c2cc3c(NCCc4ccccc4)ncnc3[nH]2)cc1. The molecule has 0 saturated heterocycles. The van der Waals surface area contributed by atoms with Crippen molar-refractivity contribution in [1.29, 1.82) is 0 Å². The van der Waals surface area contributed by atoms with Crippen LogP contribution in [0.4, 0.5) is 5.82 Å². The molecule has 2 N–H and O–H groups in total. The molecule has 7 heteroatoms. The van der Waals surface area contributed by atoms with E-state index in [1.165, 1.54) is 12.7 Å². The van der Waals surface area contributed by atoms with Gasteiger partial charge in [0, 0.05) is 18.7 Å². The molecule has 33 heavy (non-hydrogen) atoms. The zero-order valence-corrected chi connectivity index (χ0v) is 18.7. The second kappa shape index (κ2) is 11.1. The van der Waals surface area contributed by atoms with Gasteiger partial charge < -0.3 is 19.8 Å². The first-order valence-corrected chi connectivity index (χ1v) is 11.1. The molecular formula is C26H28N4O3. The number of H-pyrrole nitrogens is 1. The molecule has 0 amide bonds. The van der Waals surface area contributed by atoms with E-state index in [4.69, 9.17) is 4.74 Å². The van der Waals surface area contributed by atoms with Crippen LogP contribution in [0.2, 0.25) is 0 Å². The van der Waals surface area contributed by atoms with Crippen LogP contribution in [0.25, 0.3) is 22.3 Å². The molecule has 7 nitrogen and oxygen atoms in total. The summed E-state index contributed by atoms with van der Waals surface area (Å²) in [7, 11) is 1.41. The predicted octanol–water partition coefficient (Wildman–Crippen LogP) is 5.00. The van der Waals surface area contributed by atoms with E-state index in [0.29, 0.717) is 13.0 Å². The molecule has 2 aromatic heterocycles. The lowest BCUT2D eigenvalue weighted by Crippen LogP contribution is -2.06. The maximum Gasteiger partial charge on any atom is 0.305 e. The summed E-state index contributed by atoms with van der Waals surface area (Å²) in [4.78, 5) is 23.3. The van der Waals surface area contributed by atoms with Crippen LogP contribution in [-0.2, 0) is 16.0 Å². The number of carbonyl (C=O) groups is 1. The number of carbonyl (C=O) groups excluding carboxylic acids is 1. The molecule has 2 aromatic carbocycles. The van der Waals surface area contributed by atoms with Crippen molar-refractivity contribution in [3.63, 3.8) is 0 Å². The molecule has 0 saturated carbocycles. The minimum atomic E-state index is -0.183. The Balaban J connectivity index is 1.35. The Kier molecular flexibility index (Phi) is 7.53. The van der Waals surface area contributed by atoms with Gasteiger partial charge >= 0.3 is 5.97 Å². The van der Waals surface area contributed by atoms with Gasteiger partial charge in [-0.2, -0.15) is 0 Å². The molecule has 0 fully saturated rings. The first kappa shape index (κ1) is 22.3. The number of aromatic nitrogens is 3. The Morgan fingerprint density at radius 1 is 1.03 bits per heavy atom. The Hall–Kier alpha value is -3.87. The van der Waals surface area contributed by atoms with Gasteiger partial charge in [0.15, 0.2) is 0 Å². The summed E-state index contributed by atoms with van der Waals surface area (Å²) in [5.41, 5.74) is 4.10. The monoisotopic (exact) mass is 444 g/mol. The molecule has 4 aromatic rings. The number of rotatable bonds is 11. The minimum absolute atomic E-state index is 0.183. The molecule has 0 radical (unpaired) electrons. The van der Waals surface area contributed by atoms with Crippen molar-refractivity contribution < 1.29 is 14.3 Å². The lowest BCUT2D eigenvalue weighted by Gasteiger charge is -2.06. The van der Waals surface area contributed by atoms with E-state index in [9.17, 15) is 4.79 Å². The summed E-state index contributed by atoms with van der Waals surface area (Å²) in [5.74, 6) is 1.44. The van der Waals surface area contributed by atoms with Crippen molar-refractivity contribution in [3.05, 3.63) is 72.6 Å². The summed E-state index contributed by atoms with van der Waals surface area (Å²) in [6.07, 6.45) is 4.48. The number of ether oxygens (including phenoxy) is 2. The van der Waals surface area contributed by atoms with E-state index in [0.717, 1.165) is 59.7 Å². The zero-order valence-electron chi connectivity index (χ0n) is 18.7. The number of benzene rings is 2. The molecule has 0 aliphatic carbocycles. The fraction of sp³-hybridized carbons (Fsp3) is 0.269. The highest BCUT2D eigenvalue weighted by molar-refractivity contribution is 5.91. The Morgan fingerprint density at radius 2 is 1.85 bits per heavy atom. The van der Waals surface area contributed by atoms with Crippen molar-refractivity contribution in [3.8, 4) is 17.0 Å². The summed E-state index contributed by atoms with van der Waals surface area (Å²) in [5, 5.41) is 4.40. The first-order chi connectivity index (χ1) is 16.2. The van der Waals surface area contributed by atoms with Crippen LogP contribution in [0, 0.1) is 0 Å². The van der Waals surface area contributed by atoms with Crippen molar-refractivity contribution in [2.45, 2.75) is 25.7 Å². The molecule has 4 rings (SSSR count). The second-order valence-corrected chi connectivity index (χ2v) is 7.74. The maximum atomic E-state index is 11.1. The van der Waals surface area contributed by atoms with Crippen molar-refractivity contribution >= 4 is 22.8 Å². The van der Waals surface area contributed by atoms with Crippen molar-refractivity contribution in [2.75, 3.05) is 25.6 Å². The van der Waals surface area contributed by atoms with Crippen molar-refractivity contribution in [1.82, 2.24) is 15.0 Å². The third-order valence-corrected chi connectivity index (χ3v) is 5.41. The number of hydrogen-bond donors (Lipinski definition) is 2. The number of esters is 1. The van der Waals surface area contributed by atoms with Gasteiger partial charge in [-0.15, -0.1) is 0 Å². The predicted molar refractivity (Wildman–Crippen MR) is 129 cm³/mol. The van der Waals surface area contributed by atoms with Crippen LogP contribution >= 0.6 is 0 Å². The molecule has 0 unspecified atom stereocenters. The number of anilines is 1. The standard InChI is InChI=1S/C26H28N4O3/c1-32-24(31)9-5-6-16-33-21-12-10-20(11-13-21)23-17-22-25(28-18-29-26(22)30-23)27-15-14-19-7-3-2-4-8-19/h2-4,7-8,10-13,17-18H,5-6,9,14-16H2,1H3,(H2,27,28,29,30). The average molecular weight is 445 g/mol. The van der Waals surface area contributed by atoms with E-state index >= 15 is 0 Å². The van der Waals surface area contributed by atoms with Crippen LogP contribution in [-0.4, -0.2) is 41.2 Å². The Morgan fingerprint density at radius 3 is 2.64 bits per heavy atom. The summed E-state index contributed by atoms with van der Waals surface area (Å²) in [6, 6.07) is 20.4. The number of fused-ring (bicyclic) bond motifs is 1. The lowest BCUT2D eigenvalue weighted by molar-refractivity contribution is -0.140. The van der Waals surface area contributed by atoms with E-state index in [-0.39, 0.29) is 5.97 Å². The number of nitrogens with zero attached hydrogens (tertiary/aromatic N) is 2. The van der Waals surface area contributed by atoms with Crippen LogP contribution < -0.4 is 10.1 Å². The smallest absolute Gasteiger partial charge is 0.305 e. The normalized spacial score (nSPS) is 10.8. The highest BCUT2D eigenvalue weighted by Gasteiger charge is 2.10. The van der Waals surface area contributed by atoms with Crippen LogP contribution in [0.3, 0.4) is 0 Å². The number of nitrogens with one attached hydrogen (secondary N) is 2. The van der Waals surface area contributed by atoms with Crippen LogP contribution in [0.1, 0.15) is 24.8 Å². The van der Waals surface area contributed by atoms with Gasteiger partial charge in [-0.1, -0.05) is 30.3 Å². The molecule has 0 bridgehead atoms. The molecule has 2 heterocycles. The molecule has 0 aliphatic heterocycles. The van der Waals surface area contributed by atoms with Gasteiger partial charge in [-0.3, -0.25) is 4.79 Å². The maximum absolute atomic E-state index is 11.1. The summed E-state index contributed by atoms with van der Waals surface area (Å²) in [6.45, 7) is 1.36. The first-order valence-electron chi connectivity index (χ1n) is 11.1. The third kappa shape index (κ3) is 6.10. The van der Waals surface area contributed by atoms with Gasteiger partial charge in [0.2, 0.25) is 0 Å². The number of unbranched alkanes of at least 4 members (excludes halogenated alkanes) is 1. The third-order valence-electron chi connectivity index (χ3n) is 5.41. The Bertz CT molecular complexity index is 1170. The largest absolute Gasteiger partial charge is 0.494 e. The van der Waals surface area contributed by atoms with E-state index in [1.54, 1.807) is 6.33 Å². The average Bonchev–Trinajstić information content (AvgIpc) is 3.30. The highest BCUT2D eigenvalue weighted by atomic mass is 16.5. The fourth-order valence-corrected chi connectivity index (χ4v) is 3.60. The van der Waals surface area contributed by atoms with E-state index in [2.05, 4.69) is 55.3 Å². The summed E-state index contributed by atoms with van der Waals surface area (Å²) >= 11 is 0. The van der Waals surface area contributed by atoms with Gasteiger partial charge in [0.25, 0.3) is 0 Å². The number of hydrogen-bond acceptors (Lipinski definition) is 6. The summed E-state index contributed by atoms with van der Waals surface area (Å²) < 4.78 is 10.4. The number of aromatic amines is 1. The topological polar surface area (TPSA) is 89.1 Å². The molecule has 170 valence electrons. The zero-order chi connectivity index (χ0) is 22.9. The van der Waals surface area contributed by atoms with E-state index in [1.807, 2.05) is 30.3 Å². The molecule has 0 atom stereocenters. The highest BCUT2D eigenvalue weighted by Crippen LogP contribution is 2.28. The van der Waals surface area contributed by atoms with Gasteiger partial charge in [0.1, 0.15) is 23.5 Å². The van der Waals surface area contributed by atoms with Gasteiger partial charge in [-0.05, 0) is 60.7 Å². The molecule has 0 aliphatic rings. The molecule has 0 spiro atoms. The lowest BCUT2D eigenvalue weighted by atomic mass is 10.1. The van der Waals surface area contributed by atoms with Gasteiger partial charge in [0.05, 0.1) is 19.1 Å². The number of methoxy groups -OCH3 is 1. The quantitative estimate of drug-likeness (QED) is 0.250. The van der Waals surface area contributed by atoms with Crippen molar-refractivity contribution in [2.24, 2.45) is 0 Å². The van der Waals surface area contributed by atoms with Crippen LogP contribution in [0.15, 0.2) is 67.0 Å². The Labute approximate surface area is 193 Å². The minimum Gasteiger partial charge on any atom is -0.494 e. The van der Waals surface area contributed by atoms with Crippen LogP contribution in [0.5, 0.6) is 5.75 Å². The van der Waals surface area contributed by atoms with Gasteiger partial charge in [-0.25, -0.2) is 9.97 Å². The fourth-order valence-electron chi connectivity index (χ4n) is 3.60. The second-order valence-electron chi connectivity index (χ2n) is 7.74. The van der Waals surface area contributed by atoms with E-state index < -0.39 is 0 Å².